The van der Waals surface area contributed by atoms with Gasteiger partial charge in [-0.15, -0.1) is 0 Å². The fraction of sp³-hybridized carbons (Fsp3) is 0.222. The molecule has 1 nitrogen and oxygen atoms in total. The second-order valence-corrected chi connectivity index (χ2v) is 9.72. The van der Waals surface area contributed by atoms with Crippen molar-refractivity contribution >= 4 is 18.2 Å². The highest BCUT2D eigenvalue weighted by atomic mass is 16.5. The maximum Gasteiger partial charge on any atom is 0.127 e. The summed E-state index contributed by atoms with van der Waals surface area (Å²) in [4.78, 5) is 0. The molecule has 0 N–H and O–H groups in total. The van der Waals surface area contributed by atoms with Crippen molar-refractivity contribution < 1.29 is 4.74 Å². The Morgan fingerprint density at radius 3 is 1.59 bits per heavy atom. The predicted octanol–water partition coefficient (Wildman–Crippen LogP) is 10.3. The zero-order valence-electron chi connectivity index (χ0n) is 22.7. The highest BCUT2D eigenvalue weighted by Crippen LogP contribution is 2.31. The predicted molar refractivity (Wildman–Crippen MR) is 162 cm³/mol. The van der Waals surface area contributed by atoms with Gasteiger partial charge in [-0.2, -0.15) is 0 Å². The molecule has 0 heterocycles. The van der Waals surface area contributed by atoms with E-state index in [1.54, 1.807) is 0 Å². The van der Waals surface area contributed by atoms with Gasteiger partial charge in [0.05, 0.1) is 0 Å². The second kappa shape index (κ2) is 14.7. The monoisotopic (exact) mass is 488 g/mol. The minimum atomic E-state index is -0.435. The van der Waals surface area contributed by atoms with Crippen LogP contribution in [0.25, 0.3) is 18.2 Å². The van der Waals surface area contributed by atoms with Gasteiger partial charge in [-0.3, -0.25) is 0 Å². The molecular formula is C36H40O. The molecule has 3 rings (SSSR count). The van der Waals surface area contributed by atoms with Crippen LogP contribution in [0.15, 0.2) is 132 Å². The fourth-order valence-corrected chi connectivity index (χ4v) is 4.06. The van der Waals surface area contributed by atoms with Crippen molar-refractivity contribution in [3.63, 3.8) is 0 Å². The van der Waals surface area contributed by atoms with Crippen molar-refractivity contribution in [1.82, 2.24) is 0 Å². The Morgan fingerprint density at radius 2 is 1.08 bits per heavy atom. The molecule has 0 bridgehead atoms. The van der Waals surface area contributed by atoms with Gasteiger partial charge in [-0.25, -0.2) is 0 Å². The molecule has 0 radical (unpaired) electrons. The molecule has 0 aliphatic carbocycles. The molecule has 0 atom stereocenters. The molecule has 1 heteroatoms. The van der Waals surface area contributed by atoms with E-state index in [4.69, 9.17) is 4.74 Å². The summed E-state index contributed by atoms with van der Waals surface area (Å²) < 4.78 is 6.89. The Morgan fingerprint density at radius 1 is 0.622 bits per heavy atom. The number of benzene rings is 3. The van der Waals surface area contributed by atoms with Crippen LogP contribution >= 0.6 is 0 Å². The minimum absolute atomic E-state index is 0.435. The van der Waals surface area contributed by atoms with Crippen LogP contribution in [0.2, 0.25) is 0 Å². The lowest BCUT2D eigenvalue weighted by Crippen LogP contribution is -2.25. The van der Waals surface area contributed by atoms with Crippen LogP contribution in [0.4, 0.5) is 0 Å². The summed E-state index contributed by atoms with van der Waals surface area (Å²) in [5.41, 5.74) is 5.33. The van der Waals surface area contributed by atoms with E-state index in [-0.39, 0.29) is 0 Å². The van der Waals surface area contributed by atoms with Crippen LogP contribution < -0.4 is 0 Å². The third-order valence-corrected chi connectivity index (χ3v) is 5.77. The van der Waals surface area contributed by atoms with Gasteiger partial charge in [0.25, 0.3) is 0 Å². The molecule has 0 aliphatic rings. The maximum absolute atomic E-state index is 6.89. The van der Waals surface area contributed by atoms with Crippen molar-refractivity contribution in [2.75, 3.05) is 0 Å². The van der Waals surface area contributed by atoms with Gasteiger partial charge in [-0.05, 0) is 61.1 Å². The molecule has 37 heavy (non-hydrogen) atoms. The highest BCUT2D eigenvalue weighted by molar-refractivity contribution is 5.67. The van der Waals surface area contributed by atoms with E-state index in [0.717, 1.165) is 41.7 Å². The zero-order valence-corrected chi connectivity index (χ0v) is 22.7. The van der Waals surface area contributed by atoms with Gasteiger partial charge in [0.1, 0.15) is 11.4 Å². The van der Waals surface area contributed by atoms with Crippen LogP contribution in [-0.4, -0.2) is 5.60 Å². The molecule has 190 valence electrons. The van der Waals surface area contributed by atoms with Crippen LogP contribution in [0, 0.1) is 0 Å². The Hall–Kier alpha value is -3.84. The third kappa shape index (κ3) is 9.97. The number of rotatable bonds is 12. The molecule has 0 saturated heterocycles. The van der Waals surface area contributed by atoms with Crippen molar-refractivity contribution in [2.24, 2.45) is 0 Å². The Balaban J connectivity index is 2.01. The molecule has 3 aromatic rings. The molecule has 0 fully saturated rings. The Kier molecular flexibility index (Phi) is 11.0. The quantitative estimate of drug-likeness (QED) is 0.182. The van der Waals surface area contributed by atoms with Gasteiger partial charge < -0.3 is 4.74 Å². The van der Waals surface area contributed by atoms with Crippen LogP contribution in [-0.2, 0) is 4.74 Å². The van der Waals surface area contributed by atoms with Crippen molar-refractivity contribution in [2.45, 2.75) is 52.6 Å². The molecule has 0 spiro atoms. The smallest absolute Gasteiger partial charge is 0.127 e. The summed E-state index contributed by atoms with van der Waals surface area (Å²) >= 11 is 0. The summed E-state index contributed by atoms with van der Waals surface area (Å²) in [6.45, 7) is 8.67. The molecule has 0 aliphatic heterocycles. The molecule has 3 aromatic carbocycles. The van der Waals surface area contributed by atoms with Crippen molar-refractivity contribution in [1.29, 1.82) is 0 Å². The first kappa shape index (κ1) is 27.7. The standard InChI is InChI=1S/C36H40O/c1-5-7-18-33(26-30-19-12-9-13-20-30)29-36(3,4)37-35(28-32-23-16-11-17-24-32)34(25-8-6-2)27-31-21-14-10-15-22-31/h7-28H,5-6,29H2,1-4H3. The lowest BCUT2D eigenvalue weighted by atomic mass is 9.95. The topological polar surface area (TPSA) is 9.23 Å². The zero-order chi connectivity index (χ0) is 26.3. The van der Waals surface area contributed by atoms with Crippen molar-refractivity contribution in [3.05, 3.63) is 149 Å². The van der Waals surface area contributed by atoms with E-state index < -0.39 is 5.60 Å². The van der Waals surface area contributed by atoms with Crippen LogP contribution in [0.3, 0.4) is 0 Å². The third-order valence-electron chi connectivity index (χ3n) is 5.77. The molecule has 0 aromatic heterocycles. The number of hydrogen-bond acceptors (Lipinski definition) is 1. The average Bonchev–Trinajstić information content (AvgIpc) is 2.91. The van der Waals surface area contributed by atoms with Crippen LogP contribution in [0.1, 0.15) is 63.6 Å². The summed E-state index contributed by atoms with van der Waals surface area (Å²) in [5, 5.41) is 0. The lowest BCUT2D eigenvalue weighted by Gasteiger charge is -2.29. The number of hydrogen-bond donors (Lipinski definition) is 0. The van der Waals surface area contributed by atoms with Crippen molar-refractivity contribution in [3.8, 4) is 0 Å². The van der Waals surface area contributed by atoms with Gasteiger partial charge >= 0.3 is 0 Å². The minimum Gasteiger partial charge on any atom is -0.487 e. The first-order valence-corrected chi connectivity index (χ1v) is 13.3. The van der Waals surface area contributed by atoms with Gasteiger partial charge in [-0.1, -0.05) is 135 Å². The maximum atomic E-state index is 6.89. The lowest BCUT2D eigenvalue weighted by molar-refractivity contribution is 0.0437. The van der Waals surface area contributed by atoms with Gasteiger partial charge in [0.15, 0.2) is 0 Å². The second-order valence-electron chi connectivity index (χ2n) is 9.72. The SMILES string of the molecule is CCC=CC(=Cc1ccccc1)CC(C)(C)OC(=Cc1ccccc1)C(C=CCC)=Cc1ccccc1. The largest absolute Gasteiger partial charge is 0.487 e. The van der Waals surface area contributed by atoms with E-state index in [1.807, 2.05) is 12.1 Å². The van der Waals surface area contributed by atoms with E-state index in [2.05, 4.69) is 149 Å². The molecular weight excluding hydrogens is 448 g/mol. The normalized spacial score (nSPS) is 13.5. The fourth-order valence-electron chi connectivity index (χ4n) is 4.06. The van der Waals surface area contributed by atoms with E-state index in [9.17, 15) is 0 Å². The first-order valence-electron chi connectivity index (χ1n) is 13.3. The van der Waals surface area contributed by atoms with E-state index in [1.165, 1.54) is 11.1 Å². The summed E-state index contributed by atoms with van der Waals surface area (Å²) in [6.07, 6.45) is 18.2. The van der Waals surface area contributed by atoms with Gasteiger partial charge in [0, 0.05) is 12.0 Å². The van der Waals surface area contributed by atoms with E-state index >= 15 is 0 Å². The Bertz CT molecular complexity index is 1220. The number of allylic oxidation sites excluding steroid dienone is 4. The summed E-state index contributed by atoms with van der Waals surface area (Å²) in [7, 11) is 0. The number of ether oxygens (including phenoxy) is 1. The molecule has 0 amide bonds. The van der Waals surface area contributed by atoms with Gasteiger partial charge in [0.2, 0.25) is 0 Å². The van der Waals surface area contributed by atoms with Crippen LogP contribution in [0.5, 0.6) is 0 Å². The van der Waals surface area contributed by atoms with E-state index in [0.29, 0.717) is 0 Å². The first-order chi connectivity index (χ1) is 18.0. The summed E-state index contributed by atoms with van der Waals surface area (Å²) in [5.74, 6) is 0.864. The molecule has 0 saturated carbocycles. The molecule has 0 unspecified atom stereocenters. The average molecular weight is 489 g/mol. The summed E-state index contributed by atoms with van der Waals surface area (Å²) in [6, 6.07) is 31.3. The Labute approximate surface area is 224 Å². The highest BCUT2D eigenvalue weighted by Gasteiger charge is 2.23.